The largest absolute Gasteiger partial charge is 0.488 e. The molecule has 19 heavy (non-hydrogen) atoms. The molecule has 1 aromatic rings. The zero-order valence-electron chi connectivity index (χ0n) is 12.3. The molecule has 0 aliphatic heterocycles. The fourth-order valence-electron chi connectivity index (χ4n) is 1.77. The minimum Gasteiger partial charge on any atom is -0.488 e. The van der Waals surface area contributed by atoms with E-state index in [1.54, 1.807) is 13.3 Å². The van der Waals surface area contributed by atoms with Crippen LogP contribution in [-0.4, -0.2) is 26.0 Å². The highest BCUT2D eigenvalue weighted by Crippen LogP contribution is 2.39. The van der Waals surface area contributed by atoms with Crippen LogP contribution in [-0.2, 0) is 4.57 Å². The molecule has 0 spiro atoms. The van der Waals surface area contributed by atoms with Crippen LogP contribution >= 0.6 is 7.14 Å². The highest BCUT2D eigenvalue weighted by Gasteiger charge is 2.25. The van der Waals surface area contributed by atoms with E-state index in [1.165, 1.54) is 0 Å². The fraction of sp³-hybridized carbons (Fsp3) is 0.600. The van der Waals surface area contributed by atoms with Crippen LogP contribution in [0.3, 0.4) is 0 Å². The minimum absolute atomic E-state index is 0.350. The maximum atomic E-state index is 12.2. The highest BCUT2D eigenvalue weighted by atomic mass is 31.2. The third-order valence-electron chi connectivity index (χ3n) is 3.11. The summed E-state index contributed by atoms with van der Waals surface area (Å²) >= 11 is 0. The van der Waals surface area contributed by atoms with Gasteiger partial charge in [-0.25, -0.2) is 0 Å². The second-order valence-corrected chi connectivity index (χ2v) is 9.34. The lowest BCUT2D eigenvalue weighted by Crippen LogP contribution is -2.12. The van der Waals surface area contributed by atoms with Crippen molar-refractivity contribution in [1.82, 2.24) is 0 Å². The van der Waals surface area contributed by atoms with E-state index in [0.29, 0.717) is 12.0 Å². The molecule has 106 valence electrons. The van der Waals surface area contributed by atoms with Crippen molar-refractivity contribution < 1.29 is 9.30 Å². The van der Waals surface area contributed by atoms with Gasteiger partial charge in [-0.2, -0.15) is 0 Å². The number of rotatable bonds is 6. The summed E-state index contributed by atoms with van der Waals surface area (Å²) in [4.78, 5) is 0. The molecule has 1 aliphatic rings. The monoisotopic (exact) mass is 281 g/mol. The standard InChI is InChI=1S/C15H24NO2P/c1-11(2)10-16-14-8-7-13(19(3,4)17)9-15(14)18-12-5-6-12/h7-9,11-12,16H,5-6,10H2,1-4H3. The van der Waals surface area contributed by atoms with E-state index in [2.05, 4.69) is 19.2 Å². The van der Waals surface area contributed by atoms with Crippen molar-refractivity contribution in [3.63, 3.8) is 0 Å². The van der Waals surface area contributed by atoms with Crippen molar-refractivity contribution in [2.75, 3.05) is 25.2 Å². The summed E-state index contributed by atoms with van der Waals surface area (Å²) in [5.74, 6) is 1.43. The Bertz CT molecular complexity index is 489. The summed E-state index contributed by atoms with van der Waals surface area (Å²) in [5.41, 5.74) is 1.01. The van der Waals surface area contributed by atoms with Crippen molar-refractivity contribution >= 4 is 18.1 Å². The second kappa shape index (κ2) is 5.58. The third-order valence-corrected chi connectivity index (χ3v) is 4.63. The molecule has 1 fully saturated rings. The van der Waals surface area contributed by atoms with Gasteiger partial charge in [-0.1, -0.05) is 13.8 Å². The topological polar surface area (TPSA) is 38.3 Å². The van der Waals surface area contributed by atoms with E-state index in [4.69, 9.17) is 4.74 Å². The van der Waals surface area contributed by atoms with E-state index in [9.17, 15) is 4.57 Å². The van der Waals surface area contributed by atoms with Gasteiger partial charge in [0.1, 0.15) is 12.9 Å². The van der Waals surface area contributed by atoms with E-state index in [1.807, 2.05) is 18.2 Å². The maximum absolute atomic E-state index is 12.2. The van der Waals surface area contributed by atoms with Gasteiger partial charge >= 0.3 is 0 Å². The molecule has 0 radical (unpaired) electrons. The van der Waals surface area contributed by atoms with Crippen molar-refractivity contribution in [2.24, 2.45) is 5.92 Å². The lowest BCUT2D eigenvalue weighted by molar-refractivity contribution is 0.305. The first kappa shape index (κ1) is 14.5. The van der Waals surface area contributed by atoms with E-state index < -0.39 is 7.14 Å². The maximum Gasteiger partial charge on any atom is 0.143 e. The van der Waals surface area contributed by atoms with Crippen molar-refractivity contribution in [2.45, 2.75) is 32.8 Å². The zero-order valence-corrected chi connectivity index (χ0v) is 13.2. The molecule has 3 nitrogen and oxygen atoms in total. The molecule has 0 amide bonds. The number of anilines is 1. The molecule has 0 bridgehead atoms. The molecular formula is C15H24NO2P. The van der Waals surface area contributed by atoms with E-state index in [-0.39, 0.29) is 0 Å². The SMILES string of the molecule is CC(C)CNc1ccc(P(C)(C)=O)cc1OC1CC1. The van der Waals surface area contributed by atoms with Gasteiger partial charge < -0.3 is 14.6 Å². The Morgan fingerprint density at radius 1 is 1.37 bits per heavy atom. The summed E-state index contributed by atoms with van der Waals surface area (Å²) in [6.45, 7) is 8.86. The molecule has 0 unspecified atom stereocenters. The minimum atomic E-state index is -2.23. The quantitative estimate of drug-likeness (QED) is 0.810. The average Bonchev–Trinajstić information content (AvgIpc) is 3.09. The van der Waals surface area contributed by atoms with Crippen LogP contribution in [0.2, 0.25) is 0 Å². The Morgan fingerprint density at radius 2 is 2.05 bits per heavy atom. The number of hydrogen-bond acceptors (Lipinski definition) is 3. The Labute approximate surface area is 116 Å². The number of benzene rings is 1. The lowest BCUT2D eigenvalue weighted by atomic mass is 10.2. The Morgan fingerprint density at radius 3 is 2.58 bits per heavy atom. The van der Waals surface area contributed by atoms with Crippen LogP contribution in [0.5, 0.6) is 5.75 Å². The van der Waals surface area contributed by atoms with Crippen LogP contribution in [0.4, 0.5) is 5.69 Å². The fourth-order valence-corrected chi connectivity index (χ4v) is 2.63. The van der Waals surface area contributed by atoms with Gasteiger partial charge in [0.25, 0.3) is 0 Å². The highest BCUT2D eigenvalue weighted by molar-refractivity contribution is 7.70. The van der Waals surface area contributed by atoms with Crippen molar-refractivity contribution in [3.05, 3.63) is 18.2 Å². The lowest BCUT2D eigenvalue weighted by Gasteiger charge is -2.17. The van der Waals surface area contributed by atoms with Gasteiger partial charge in [0, 0.05) is 11.8 Å². The van der Waals surface area contributed by atoms with E-state index >= 15 is 0 Å². The predicted molar refractivity (Wildman–Crippen MR) is 82.5 cm³/mol. The predicted octanol–water partition coefficient (Wildman–Crippen LogP) is 3.54. The zero-order chi connectivity index (χ0) is 14.0. The summed E-state index contributed by atoms with van der Waals surface area (Å²) in [5, 5.41) is 4.30. The summed E-state index contributed by atoms with van der Waals surface area (Å²) in [7, 11) is -2.23. The van der Waals surface area contributed by atoms with Crippen molar-refractivity contribution in [3.8, 4) is 5.75 Å². The molecule has 1 saturated carbocycles. The molecule has 0 atom stereocenters. The molecule has 0 heterocycles. The Balaban J connectivity index is 2.22. The summed E-state index contributed by atoms with van der Waals surface area (Å²) in [6, 6.07) is 5.89. The Hall–Kier alpha value is -0.950. The first-order valence-electron chi connectivity index (χ1n) is 6.96. The molecule has 1 N–H and O–H groups in total. The molecule has 4 heteroatoms. The molecule has 0 saturated heterocycles. The van der Waals surface area contributed by atoms with Crippen molar-refractivity contribution in [1.29, 1.82) is 0 Å². The van der Waals surface area contributed by atoms with Crippen LogP contribution in [0, 0.1) is 5.92 Å². The molecule has 0 aromatic heterocycles. The number of hydrogen-bond donors (Lipinski definition) is 1. The molecule has 1 aromatic carbocycles. The number of nitrogens with one attached hydrogen (secondary N) is 1. The first-order valence-corrected chi connectivity index (χ1v) is 9.56. The third kappa shape index (κ3) is 4.28. The Kier molecular flexibility index (Phi) is 4.25. The van der Waals surface area contributed by atoms with Crippen LogP contribution < -0.4 is 15.4 Å². The first-order chi connectivity index (χ1) is 8.86. The van der Waals surface area contributed by atoms with Gasteiger partial charge in [-0.05, 0) is 50.3 Å². The van der Waals surface area contributed by atoms with E-state index in [0.717, 1.165) is 36.1 Å². The van der Waals surface area contributed by atoms with Gasteiger partial charge in [0.15, 0.2) is 0 Å². The van der Waals surface area contributed by atoms with Gasteiger partial charge in [0.05, 0.1) is 11.8 Å². The van der Waals surface area contributed by atoms with Crippen LogP contribution in [0.25, 0.3) is 0 Å². The normalized spacial score (nSPS) is 15.6. The number of ether oxygens (including phenoxy) is 1. The summed E-state index contributed by atoms with van der Waals surface area (Å²) < 4.78 is 18.1. The van der Waals surface area contributed by atoms with Crippen LogP contribution in [0.15, 0.2) is 18.2 Å². The molecule has 2 rings (SSSR count). The second-order valence-electron chi connectivity index (χ2n) is 6.12. The smallest absolute Gasteiger partial charge is 0.143 e. The average molecular weight is 281 g/mol. The molecule has 1 aliphatic carbocycles. The summed E-state index contributed by atoms with van der Waals surface area (Å²) in [6.07, 6.45) is 2.61. The molecular weight excluding hydrogens is 257 g/mol. The van der Waals surface area contributed by atoms with Gasteiger partial charge in [0.2, 0.25) is 0 Å². The van der Waals surface area contributed by atoms with Gasteiger partial charge in [-0.3, -0.25) is 0 Å². The van der Waals surface area contributed by atoms with Gasteiger partial charge in [-0.15, -0.1) is 0 Å². The van der Waals surface area contributed by atoms with Crippen LogP contribution in [0.1, 0.15) is 26.7 Å².